The average molecular weight is 512 g/mol. The van der Waals surface area contributed by atoms with Crippen LogP contribution in [-0.2, 0) is 0 Å². The lowest BCUT2D eigenvalue weighted by Crippen LogP contribution is -2.02. The van der Waals surface area contributed by atoms with E-state index in [9.17, 15) is 4.79 Å². The molecule has 5 nitrogen and oxygen atoms in total. The van der Waals surface area contributed by atoms with Crippen LogP contribution in [0.15, 0.2) is 57.8 Å². The summed E-state index contributed by atoms with van der Waals surface area (Å²) in [6, 6.07) is 9.71. The van der Waals surface area contributed by atoms with Crippen molar-refractivity contribution in [1.82, 2.24) is 0 Å². The Morgan fingerprint density at radius 1 is 0.656 bits per heavy atom. The Bertz CT molecular complexity index is 1220. The zero-order chi connectivity index (χ0) is 23.0. The highest BCUT2D eigenvalue weighted by atomic mass is 35.5. The summed E-state index contributed by atoms with van der Waals surface area (Å²) in [7, 11) is 2.96. The van der Waals surface area contributed by atoms with Crippen LogP contribution in [0.3, 0.4) is 0 Å². The van der Waals surface area contributed by atoms with E-state index in [4.69, 9.17) is 64.7 Å². The molecule has 0 N–H and O–H groups in total. The molecule has 2 aromatic heterocycles. The van der Waals surface area contributed by atoms with E-state index in [1.165, 1.54) is 26.7 Å². The van der Waals surface area contributed by atoms with Gasteiger partial charge in [-0.2, -0.15) is 0 Å². The van der Waals surface area contributed by atoms with Gasteiger partial charge in [-0.25, -0.2) is 0 Å². The van der Waals surface area contributed by atoms with Crippen LogP contribution < -0.4 is 9.47 Å². The van der Waals surface area contributed by atoms with Gasteiger partial charge in [0.1, 0.15) is 33.1 Å². The van der Waals surface area contributed by atoms with Gasteiger partial charge in [-0.1, -0.05) is 46.4 Å². The maximum absolute atomic E-state index is 13.5. The van der Waals surface area contributed by atoms with Gasteiger partial charge in [-0.15, -0.1) is 0 Å². The molecule has 4 rings (SSSR count). The molecule has 9 heteroatoms. The van der Waals surface area contributed by atoms with Crippen LogP contribution in [0, 0.1) is 0 Å². The standard InChI is InChI=1S/C23H14Cl4O5/c1-29-15-5-3-11(17(24)19(15)26)22-13(7-9-31-22)21(28)14-8-10-32-23(14)12-4-6-16(30-2)20(27)18(12)25/h3-10H,1-2H3. The van der Waals surface area contributed by atoms with Crippen molar-refractivity contribution < 1.29 is 23.1 Å². The number of carbonyl (C=O) groups is 1. The van der Waals surface area contributed by atoms with Gasteiger partial charge in [0.05, 0.1) is 47.9 Å². The molecule has 4 aromatic rings. The fourth-order valence-corrected chi connectivity index (χ4v) is 4.24. The topological polar surface area (TPSA) is 61.8 Å². The normalized spacial score (nSPS) is 10.9. The van der Waals surface area contributed by atoms with Gasteiger partial charge in [0.25, 0.3) is 0 Å². The summed E-state index contributed by atoms with van der Waals surface area (Å²) in [5.41, 5.74) is 1.43. The maximum atomic E-state index is 13.5. The molecule has 0 fully saturated rings. The molecule has 0 atom stereocenters. The average Bonchev–Trinajstić information content (AvgIpc) is 3.47. The lowest BCUT2D eigenvalue weighted by atomic mass is 9.98. The quantitative estimate of drug-likeness (QED) is 0.245. The number of hydrogen-bond donors (Lipinski definition) is 0. The number of carbonyl (C=O) groups excluding carboxylic acids is 1. The minimum atomic E-state index is -0.358. The van der Waals surface area contributed by atoms with E-state index in [-0.39, 0.29) is 48.5 Å². The highest BCUT2D eigenvalue weighted by Gasteiger charge is 2.26. The van der Waals surface area contributed by atoms with Crippen molar-refractivity contribution in [3.63, 3.8) is 0 Å². The summed E-state index contributed by atoms with van der Waals surface area (Å²) in [4.78, 5) is 13.5. The minimum Gasteiger partial charge on any atom is -0.495 e. The van der Waals surface area contributed by atoms with Gasteiger partial charge in [-0.05, 0) is 36.4 Å². The van der Waals surface area contributed by atoms with E-state index in [1.54, 1.807) is 36.4 Å². The molecule has 0 amide bonds. The first kappa shape index (κ1) is 22.6. The fourth-order valence-electron chi connectivity index (χ4n) is 3.27. The molecular formula is C23H14Cl4O5. The van der Waals surface area contributed by atoms with E-state index >= 15 is 0 Å². The Morgan fingerprint density at radius 3 is 1.44 bits per heavy atom. The fraction of sp³-hybridized carbons (Fsp3) is 0.0870. The van der Waals surface area contributed by atoms with Crippen LogP contribution in [0.5, 0.6) is 11.5 Å². The van der Waals surface area contributed by atoms with E-state index in [1.807, 2.05) is 0 Å². The number of halogens is 4. The molecule has 32 heavy (non-hydrogen) atoms. The number of ketones is 1. The molecule has 0 radical (unpaired) electrons. The second-order valence-electron chi connectivity index (χ2n) is 6.54. The monoisotopic (exact) mass is 510 g/mol. The van der Waals surface area contributed by atoms with Gasteiger partial charge < -0.3 is 18.3 Å². The van der Waals surface area contributed by atoms with E-state index in [2.05, 4.69) is 0 Å². The Balaban J connectivity index is 1.80. The van der Waals surface area contributed by atoms with Gasteiger partial charge in [-0.3, -0.25) is 4.79 Å². The van der Waals surface area contributed by atoms with Crippen LogP contribution in [-0.4, -0.2) is 20.0 Å². The zero-order valence-corrected chi connectivity index (χ0v) is 19.7. The minimum absolute atomic E-state index is 0.201. The summed E-state index contributed by atoms with van der Waals surface area (Å²) < 4.78 is 21.6. The van der Waals surface area contributed by atoms with E-state index < -0.39 is 0 Å². The highest BCUT2D eigenvalue weighted by molar-refractivity contribution is 6.45. The maximum Gasteiger partial charge on any atom is 0.200 e. The van der Waals surface area contributed by atoms with Crippen molar-refractivity contribution in [3.8, 4) is 34.1 Å². The first-order chi connectivity index (χ1) is 15.4. The highest BCUT2D eigenvalue weighted by Crippen LogP contribution is 2.43. The second kappa shape index (κ2) is 9.12. The predicted molar refractivity (Wildman–Crippen MR) is 125 cm³/mol. The molecule has 0 aliphatic carbocycles. The Kier molecular flexibility index (Phi) is 6.45. The van der Waals surface area contributed by atoms with E-state index in [0.717, 1.165) is 0 Å². The lowest BCUT2D eigenvalue weighted by Gasteiger charge is -2.10. The van der Waals surface area contributed by atoms with Crippen LogP contribution in [0.25, 0.3) is 22.6 Å². The smallest absolute Gasteiger partial charge is 0.200 e. The Labute approximate surface area is 203 Å². The number of rotatable bonds is 6. The van der Waals surface area contributed by atoms with Crippen LogP contribution in [0.4, 0.5) is 0 Å². The lowest BCUT2D eigenvalue weighted by molar-refractivity contribution is 0.103. The number of furan rings is 2. The summed E-state index contributed by atoms with van der Waals surface area (Å²) >= 11 is 25.4. The molecule has 2 heterocycles. The van der Waals surface area contributed by atoms with Crippen LogP contribution in [0.2, 0.25) is 20.1 Å². The molecule has 0 unspecified atom stereocenters. The largest absolute Gasteiger partial charge is 0.495 e. The first-order valence-corrected chi connectivity index (χ1v) is 10.6. The predicted octanol–water partition coefficient (Wildman–Crippen LogP) is 8.07. The molecule has 0 bridgehead atoms. The van der Waals surface area contributed by atoms with Crippen molar-refractivity contribution in [2.45, 2.75) is 0 Å². The van der Waals surface area contributed by atoms with Crippen molar-refractivity contribution in [2.75, 3.05) is 14.2 Å². The molecule has 164 valence electrons. The number of hydrogen-bond acceptors (Lipinski definition) is 5. The summed E-state index contributed by atoms with van der Waals surface area (Å²) in [5.74, 6) is 0.973. The number of ether oxygens (including phenoxy) is 2. The van der Waals surface area contributed by atoms with Gasteiger partial charge >= 0.3 is 0 Å². The third-order valence-electron chi connectivity index (χ3n) is 4.84. The molecule has 0 spiro atoms. The second-order valence-corrected chi connectivity index (χ2v) is 8.05. The number of benzene rings is 2. The van der Waals surface area contributed by atoms with Gasteiger partial charge in [0.2, 0.25) is 5.78 Å². The summed E-state index contributed by atoms with van der Waals surface area (Å²) in [5, 5.41) is 0.829. The number of methoxy groups -OCH3 is 2. The zero-order valence-electron chi connectivity index (χ0n) is 16.7. The Morgan fingerprint density at radius 2 is 1.06 bits per heavy atom. The molecule has 2 aromatic carbocycles. The van der Waals surface area contributed by atoms with Crippen LogP contribution in [0.1, 0.15) is 15.9 Å². The van der Waals surface area contributed by atoms with Gasteiger partial charge in [0.15, 0.2) is 0 Å². The van der Waals surface area contributed by atoms with Crippen molar-refractivity contribution in [2.24, 2.45) is 0 Å². The molecular weight excluding hydrogens is 498 g/mol. The van der Waals surface area contributed by atoms with Crippen molar-refractivity contribution >= 4 is 52.2 Å². The molecule has 0 aliphatic rings. The van der Waals surface area contributed by atoms with Crippen molar-refractivity contribution in [3.05, 3.63) is 80.1 Å². The summed E-state index contributed by atoms with van der Waals surface area (Å²) in [6.45, 7) is 0. The molecule has 0 saturated carbocycles. The van der Waals surface area contributed by atoms with E-state index in [0.29, 0.717) is 22.6 Å². The van der Waals surface area contributed by atoms with Gasteiger partial charge in [0, 0.05) is 11.1 Å². The summed E-state index contributed by atoms with van der Waals surface area (Å²) in [6.07, 6.45) is 2.79. The Hall–Kier alpha value is -2.57. The van der Waals surface area contributed by atoms with Crippen molar-refractivity contribution in [1.29, 1.82) is 0 Å². The third-order valence-corrected chi connectivity index (χ3v) is 6.57. The molecule has 0 aliphatic heterocycles. The SMILES string of the molecule is COc1ccc(-c2occc2C(=O)c2ccoc2-c2ccc(OC)c(Cl)c2Cl)c(Cl)c1Cl. The first-order valence-electron chi connectivity index (χ1n) is 9.13. The van der Waals surface area contributed by atoms with Crippen LogP contribution >= 0.6 is 46.4 Å². The third kappa shape index (κ3) is 3.76. The molecule has 0 saturated heterocycles.